The van der Waals surface area contributed by atoms with Crippen LogP contribution in [0.2, 0.25) is 0 Å². The molecule has 0 atom stereocenters. The van der Waals surface area contributed by atoms with Gasteiger partial charge in [-0.3, -0.25) is 0 Å². The number of benzene rings is 1. The predicted octanol–water partition coefficient (Wildman–Crippen LogP) is 3.33. The van der Waals surface area contributed by atoms with Crippen molar-refractivity contribution >= 4 is 5.82 Å². The Morgan fingerprint density at radius 2 is 2.14 bits per heavy atom. The SMILES string of the molecule is CCCCn1nc(OCc2ccc(C)cc2C)c(C#N)c1N. The number of aryl methyl sites for hydroxylation is 3. The third-order valence-electron chi connectivity index (χ3n) is 3.66. The third kappa shape index (κ3) is 3.40. The van der Waals surface area contributed by atoms with Gasteiger partial charge in [0, 0.05) is 6.54 Å². The first-order valence-electron chi connectivity index (χ1n) is 7.52. The molecule has 0 bridgehead atoms. The fourth-order valence-electron chi connectivity index (χ4n) is 2.29. The number of unbranched alkanes of at least 4 members (excludes halogenated alkanes) is 1. The molecule has 22 heavy (non-hydrogen) atoms. The van der Waals surface area contributed by atoms with Gasteiger partial charge in [0.15, 0.2) is 5.56 Å². The Labute approximate surface area is 131 Å². The zero-order valence-electron chi connectivity index (χ0n) is 13.4. The molecule has 0 amide bonds. The van der Waals surface area contributed by atoms with Crippen molar-refractivity contribution in [1.82, 2.24) is 9.78 Å². The minimum atomic E-state index is 0.316. The van der Waals surface area contributed by atoms with Crippen molar-refractivity contribution in [2.24, 2.45) is 0 Å². The number of nitriles is 1. The van der Waals surface area contributed by atoms with Crippen LogP contribution in [0, 0.1) is 25.2 Å². The predicted molar refractivity (Wildman–Crippen MR) is 86.5 cm³/mol. The standard InChI is InChI=1S/C17H22N4O/c1-4-5-8-21-16(19)15(10-18)17(20-21)22-11-14-7-6-12(2)9-13(14)3/h6-7,9H,4-5,8,11,19H2,1-3H3. The molecule has 0 spiro atoms. The average molecular weight is 298 g/mol. The lowest BCUT2D eigenvalue weighted by molar-refractivity contribution is 0.287. The second-order valence-corrected chi connectivity index (χ2v) is 5.47. The van der Waals surface area contributed by atoms with Crippen LogP contribution in [0.3, 0.4) is 0 Å². The van der Waals surface area contributed by atoms with Crippen LogP contribution in [0.4, 0.5) is 5.82 Å². The Balaban J connectivity index is 2.17. The third-order valence-corrected chi connectivity index (χ3v) is 3.66. The minimum absolute atomic E-state index is 0.316. The Kier molecular flexibility index (Phi) is 5.05. The molecule has 2 rings (SSSR count). The van der Waals surface area contributed by atoms with E-state index in [0.717, 1.165) is 24.0 Å². The monoisotopic (exact) mass is 298 g/mol. The maximum atomic E-state index is 9.26. The maximum Gasteiger partial charge on any atom is 0.253 e. The van der Waals surface area contributed by atoms with Crippen LogP contribution in [0.25, 0.3) is 0 Å². The van der Waals surface area contributed by atoms with Gasteiger partial charge in [0.2, 0.25) is 0 Å². The summed E-state index contributed by atoms with van der Waals surface area (Å²) in [6, 6.07) is 8.28. The molecule has 0 fully saturated rings. The number of anilines is 1. The first kappa shape index (κ1) is 15.9. The number of rotatable bonds is 6. The lowest BCUT2D eigenvalue weighted by atomic mass is 10.1. The fourth-order valence-corrected chi connectivity index (χ4v) is 2.29. The molecule has 0 saturated heterocycles. The molecule has 0 aliphatic carbocycles. The van der Waals surface area contributed by atoms with Crippen LogP contribution in [0.5, 0.6) is 5.88 Å². The van der Waals surface area contributed by atoms with Crippen molar-refractivity contribution in [3.8, 4) is 11.9 Å². The van der Waals surface area contributed by atoms with E-state index in [2.05, 4.69) is 31.1 Å². The number of hydrogen-bond acceptors (Lipinski definition) is 4. The molecular formula is C17H22N4O. The van der Waals surface area contributed by atoms with Crippen molar-refractivity contribution in [2.75, 3.05) is 5.73 Å². The molecule has 0 aliphatic heterocycles. The molecule has 0 saturated carbocycles. The molecule has 116 valence electrons. The molecule has 2 aromatic rings. The van der Waals surface area contributed by atoms with E-state index < -0.39 is 0 Å². The van der Waals surface area contributed by atoms with Crippen LogP contribution in [-0.2, 0) is 13.2 Å². The second-order valence-electron chi connectivity index (χ2n) is 5.47. The van der Waals surface area contributed by atoms with Gasteiger partial charge in [-0.05, 0) is 31.4 Å². The van der Waals surface area contributed by atoms with E-state index in [4.69, 9.17) is 10.5 Å². The fraction of sp³-hybridized carbons (Fsp3) is 0.412. The largest absolute Gasteiger partial charge is 0.471 e. The molecule has 1 heterocycles. The summed E-state index contributed by atoms with van der Waals surface area (Å²) in [7, 11) is 0. The molecule has 2 N–H and O–H groups in total. The summed E-state index contributed by atoms with van der Waals surface area (Å²) in [5.74, 6) is 0.697. The van der Waals surface area contributed by atoms with Gasteiger partial charge in [0.1, 0.15) is 18.5 Å². The highest BCUT2D eigenvalue weighted by Gasteiger charge is 2.16. The lowest BCUT2D eigenvalue weighted by Crippen LogP contribution is -2.05. The van der Waals surface area contributed by atoms with Crippen molar-refractivity contribution < 1.29 is 4.74 Å². The van der Waals surface area contributed by atoms with E-state index in [0.29, 0.717) is 30.4 Å². The van der Waals surface area contributed by atoms with Crippen LogP contribution in [0.15, 0.2) is 18.2 Å². The highest BCUT2D eigenvalue weighted by molar-refractivity contribution is 5.55. The Bertz CT molecular complexity index is 697. The molecular weight excluding hydrogens is 276 g/mol. The van der Waals surface area contributed by atoms with Crippen molar-refractivity contribution in [2.45, 2.75) is 46.8 Å². The molecule has 5 heteroatoms. The van der Waals surface area contributed by atoms with Crippen LogP contribution in [0.1, 0.15) is 42.0 Å². The molecule has 1 aromatic carbocycles. The van der Waals surface area contributed by atoms with Crippen LogP contribution in [-0.4, -0.2) is 9.78 Å². The number of nitrogen functional groups attached to an aromatic ring is 1. The van der Waals surface area contributed by atoms with Gasteiger partial charge >= 0.3 is 0 Å². The molecule has 1 aromatic heterocycles. The summed E-state index contributed by atoms with van der Waals surface area (Å²) in [6.07, 6.45) is 2.01. The summed E-state index contributed by atoms with van der Waals surface area (Å²) in [6.45, 7) is 7.28. The lowest BCUT2D eigenvalue weighted by Gasteiger charge is -2.07. The Hall–Kier alpha value is -2.48. The number of nitrogens with zero attached hydrogens (tertiary/aromatic N) is 3. The molecule has 5 nitrogen and oxygen atoms in total. The highest BCUT2D eigenvalue weighted by atomic mass is 16.5. The highest BCUT2D eigenvalue weighted by Crippen LogP contribution is 2.24. The van der Waals surface area contributed by atoms with Crippen LogP contribution >= 0.6 is 0 Å². The zero-order chi connectivity index (χ0) is 16.1. The summed E-state index contributed by atoms with van der Waals surface area (Å²) < 4.78 is 7.39. The van der Waals surface area contributed by atoms with Crippen LogP contribution < -0.4 is 10.5 Å². The normalized spacial score (nSPS) is 10.5. The van der Waals surface area contributed by atoms with Gasteiger partial charge < -0.3 is 10.5 Å². The number of ether oxygens (including phenoxy) is 1. The van der Waals surface area contributed by atoms with Crippen molar-refractivity contribution in [3.63, 3.8) is 0 Å². The first-order valence-corrected chi connectivity index (χ1v) is 7.52. The van der Waals surface area contributed by atoms with E-state index >= 15 is 0 Å². The molecule has 0 unspecified atom stereocenters. The number of nitrogens with two attached hydrogens (primary N) is 1. The maximum absolute atomic E-state index is 9.26. The molecule has 0 radical (unpaired) electrons. The van der Waals surface area contributed by atoms with Crippen molar-refractivity contribution in [3.05, 3.63) is 40.5 Å². The van der Waals surface area contributed by atoms with E-state index in [1.54, 1.807) is 4.68 Å². The zero-order valence-corrected chi connectivity index (χ0v) is 13.4. The first-order chi connectivity index (χ1) is 10.6. The van der Waals surface area contributed by atoms with Gasteiger partial charge in [0.05, 0.1) is 0 Å². The van der Waals surface area contributed by atoms with Gasteiger partial charge in [-0.1, -0.05) is 37.1 Å². The summed E-state index contributed by atoms with van der Waals surface area (Å²) in [4.78, 5) is 0. The van der Waals surface area contributed by atoms with E-state index in [1.807, 2.05) is 19.1 Å². The summed E-state index contributed by atoms with van der Waals surface area (Å²) in [5, 5.41) is 13.6. The number of hydrogen-bond donors (Lipinski definition) is 1. The second kappa shape index (κ2) is 6.99. The summed E-state index contributed by atoms with van der Waals surface area (Å²) >= 11 is 0. The van der Waals surface area contributed by atoms with Gasteiger partial charge in [0.25, 0.3) is 5.88 Å². The average Bonchev–Trinajstić information content (AvgIpc) is 2.79. The smallest absolute Gasteiger partial charge is 0.253 e. The van der Waals surface area contributed by atoms with Gasteiger partial charge in [-0.2, -0.15) is 5.26 Å². The van der Waals surface area contributed by atoms with Crippen molar-refractivity contribution in [1.29, 1.82) is 5.26 Å². The molecule has 0 aliphatic rings. The Morgan fingerprint density at radius 3 is 2.77 bits per heavy atom. The van der Waals surface area contributed by atoms with Gasteiger partial charge in [-0.15, -0.1) is 5.10 Å². The summed E-state index contributed by atoms with van der Waals surface area (Å²) in [5.41, 5.74) is 9.75. The quantitative estimate of drug-likeness (QED) is 0.887. The number of aromatic nitrogens is 2. The van der Waals surface area contributed by atoms with Gasteiger partial charge in [-0.25, -0.2) is 4.68 Å². The van der Waals surface area contributed by atoms with E-state index in [1.165, 1.54) is 5.56 Å². The Morgan fingerprint density at radius 1 is 1.36 bits per heavy atom. The van der Waals surface area contributed by atoms with E-state index in [9.17, 15) is 5.26 Å². The minimum Gasteiger partial charge on any atom is -0.471 e. The topological polar surface area (TPSA) is 76.9 Å². The van der Waals surface area contributed by atoms with E-state index in [-0.39, 0.29) is 0 Å².